The van der Waals surface area contributed by atoms with Crippen LogP contribution in [-0.4, -0.2) is 56.1 Å². The van der Waals surface area contributed by atoms with Crippen molar-refractivity contribution in [1.82, 2.24) is 15.5 Å². The van der Waals surface area contributed by atoms with Gasteiger partial charge >= 0.3 is 6.03 Å². The first-order chi connectivity index (χ1) is 12.4. The summed E-state index contributed by atoms with van der Waals surface area (Å²) in [5, 5.41) is 13.7. The maximum atomic E-state index is 14.1. The number of benzene rings is 1. The smallest absolute Gasteiger partial charge is 0.321 e. The summed E-state index contributed by atoms with van der Waals surface area (Å²) < 4.78 is 14.1. The van der Waals surface area contributed by atoms with Crippen LogP contribution >= 0.6 is 0 Å². The Labute approximate surface area is 152 Å². The van der Waals surface area contributed by atoms with E-state index in [4.69, 9.17) is 5.26 Å². The van der Waals surface area contributed by atoms with Crippen molar-refractivity contribution in [2.45, 2.75) is 13.8 Å². The molecule has 1 aromatic carbocycles. The van der Waals surface area contributed by atoms with Crippen LogP contribution in [0.15, 0.2) is 18.2 Å². The highest BCUT2D eigenvalue weighted by atomic mass is 19.1. The largest absolute Gasteiger partial charge is 0.367 e. The van der Waals surface area contributed by atoms with Gasteiger partial charge in [-0.3, -0.25) is 15.0 Å². The molecule has 1 saturated heterocycles. The standard InChI is InChI=1S/C18H24FN5O2/c1-13(2)11-21-18(26)22-17(25)12-23-5-7-24(8-6-23)16-4-3-14(10-20)9-15(16)19/h3-4,9,13H,5-8,11-12H2,1-2H3,(H2,21,22,25,26). The number of hydrogen-bond donors (Lipinski definition) is 2. The van der Waals surface area contributed by atoms with Gasteiger partial charge in [-0.2, -0.15) is 5.26 Å². The summed E-state index contributed by atoms with van der Waals surface area (Å²) in [6.45, 7) is 6.87. The van der Waals surface area contributed by atoms with Crippen molar-refractivity contribution >= 4 is 17.6 Å². The second-order valence-electron chi connectivity index (χ2n) is 6.69. The summed E-state index contributed by atoms with van der Waals surface area (Å²) in [7, 11) is 0. The highest BCUT2D eigenvalue weighted by molar-refractivity contribution is 5.95. The second-order valence-corrected chi connectivity index (χ2v) is 6.69. The molecule has 0 radical (unpaired) electrons. The minimum Gasteiger partial charge on any atom is -0.367 e. The molecule has 2 N–H and O–H groups in total. The van der Waals surface area contributed by atoms with Crippen LogP contribution < -0.4 is 15.5 Å². The Bertz CT molecular complexity index is 693. The lowest BCUT2D eigenvalue weighted by Gasteiger charge is -2.35. The zero-order chi connectivity index (χ0) is 19.1. The molecule has 1 fully saturated rings. The van der Waals surface area contributed by atoms with E-state index in [0.29, 0.717) is 44.3 Å². The molecule has 26 heavy (non-hydrogen) atoms. The van der Waals surface area contributed by atoms with E-state index in [0.717, 1.165) is 0 Å². The molecule has 1 aromatic rings. The average molecular weight is 361 g/mol. The molecule has 140 valence electrons. The SMILES string of the molecule is CC(C)CNC(=O)NC(=O)CN1CCN(c2ccc(C#N)cc2F)CC1. The monoisotopic (exact) mass is 361 g/mol. The van der Waals surface area contributed by atoms with Gasteiger partial charge in [0.2, 0.25) is 5.91 Å². The van der Waals surface area contributed by atoms with Crippen LogP contribution in [0.3, 0.4) is 0 Å². The van der Waals surface area contributed by atoms with Gasteiger partial charge in [0, 0.05) is 32.7 Å². The topological polar surface area (TPSA) is 88.5 Å². The van der Waals surface area contributed by atoms with Crippen LogP contribution in [0.4, 0.5) is 14.9 Å². The molecule has 0 aromatic heterocycles. The molecular formula is C18H24FN5O2. The lowest BCUT2D eigenvalue weighted by molar-refractivity contribution is -0.121. The summed E-state index contributed by atoms with van der Waals surface area (Å²) >= 11 is 0. The van der Waals surface area contributed by atoms with Crippen LogP contribution in [0.1, 0.15) is 19.4 Å². The van der Waals surface area contributed by atoms with Crippen molar-refractivity contribution in [3.63, 3.8) is 0 Å². The van der Waals surface area contributed by atoms with Gasteiger partial charge in [0.25, 0.3) is 0 Å². The number of nitrogens with zero attached hydrogens (tertiary/aromatic N) is 3. The van der Waals surface area contributed by atoms with E-state index in [1.807, 2.05) is 29.7 Å². The van der Waals surface area contributed by atoms with Crippen LogP contribution in [-0.2, 0) is 4.79 Å². The maximum Gasteiger partial charge on any atom is 0.321 e. The Morgan fingerprint density at radius 3 is 2.54 bits per heavy atom. The average Bonchev–Trinajstić information content (AvgIpc) is 2.60. The van der Waals surface area contributed by atoms with Crippen molar-refractivity contribution in [2.24, 2.45) is 5.92 Å². The number of imide groups is 1. The van der Waals surface area contributed by atoms with Gasteiger partial charge in [0.15, 0.2) is 0 Å². The number of carbonyl (C=O) groups is 2. The van der Waals surface area contributed by atoms with Crippen LogP contribution in [0.5, 0.6) is 0 Å². The molecule has 0 spiro atoms. The fourth-order valence-corrected chi connectivity index (χ4v) is 2.69. The van der Waals surface area contributed by atoms with Gasteiger partial charge in [-0.25, -0.2) is 9.18 Å². The first-order valence-electron chi connectivity index (χ1n) is 8.63. The number of nitriles is 1. The molecule has 0 saturated carbocycles. The predicted molar refractivity (Wildman–Crippen MR) is 96.1 cm³/mol. The quantitative estimate of drug-likeness (QED) is 0.825. The van der Waals surface area contributed by atoms with Gasteiger partial charge in [-0.1, -0.05) is 13.8 Å². The minimum atomic E-state index is -0.484. The summed E-state index contributed by atoms with van der Waals surface area (Å²) in [4.78, 5) is 27.3. The number of carbonyl (C=O) groups excluding carboxylic acids is 2. The molecule has 0 unspecified atom stereocenters. The number of hydrogen-bond acceptors (Lipinski definition) is 5. The predicted octanol–water partition coefficient (Wildman–Crippen LogP) is 1.30. The molecule has 1 aliphatic rings. The molecule has 0 aliphatic carbocycles. The molecular weight excluding hydrogens is 337 g/mol. The van der Waals surface area contributed by atoms with Crippen molar-refractivity contribution in [3.8, 4) is 6.07 Å². The molecule has 1 heterocycles. The van der Waals surface area contributed by atoms with Crippen molar-refractivity contribution in [2.75, 3.05) is 44.2 Å². The summed E-state index contributed by atoms with van der Waals surface area (Å²) in [5.74, 6) is -0.465. The maximum absolute atomic E-state index is 14.1. The van der Waals surface area contributed by atoms with E-state index in [2.05, 4.69) is 10.6 Å². The van der Waals surface area contributed by atoms with E-state index in [1.165, 1.54) is 6.07 Å². The summed E-state index contributed by atoms with van der Waals surface area (Å²) in [6, 6.07) is 5.85. The zero-order valence-corrected chi connectivity index (χ0v) is 15.1. The van der Waals surface area contributed by atoms with Gasteiger partial charge in [0.05, 0.1) is 23.9 Å². The Kier molecular flexibility index (Phi) is 6.92. The fourth-order valence-electron chi connectivity index (χ4n) is 2.69. The third-order valence-electron chi connectivity index (χ3n) is 4.08. The molecule has 0 bridgehead atoms. The lowest BCUT2D eigenvalue weighted by atomic mass is 10.2. The molecule has 7 nitrogen and oxygen atoms in total. The van der Waals surface area contributed by atoms with Gasteiger partial charge in [0.1, 0.15) is 5.82 Å². The zero-order valence-electron chi connectivity index (χ0n) is 15.1. The number of nitrogens with one attached hydrogen (secondary N) is 2. The number of anilines is 1. The van der Waals surface area contributed by atoms with Crippen molar-refractivity contribution in [1.29, 1.82) is 5.26 Å². The fraction of sp³-hybridized carbons (Fsp3) is 0.500. The molecule has 8 heteroatoms. The van der Waals surface area contributed by atoms with Crippen LogP contribution in [0.25, 0.3) is 0 Å². The van der Waals surface area contributed by atoms with Crippen molar-refractivity contribution in [3.05, 3.63) is 29.6 Å². The van der Waals surface area contributed by atoms with Gasteiger partial charge in [-0.15, -0.1) is 0 Å². The Balaban J connectivity index is 1.79. The number of halogens is 1. The lowest BCUT2D eigenvalue weighted by Crippen LogP contribution is -2.51. The number of piperazine rings is 1. The number of amides is 3. The normalized spacial score (nSPS) is 14.8. The van der Waals surface area contributed by atoms with E-state index >= 15 is 0 Å². The molecule has 3 amide bonds. The second kappa shape index (κ2) is 9.15. The molecule has 1 aliphatic heterocycles. The highest BCUT2D eigenvalue weighted by Crippen LogP contribution is 2.21. The summed E-state index contributed by atoms with van der Waals surface area (Å²) in [6.07, 6.45) is 0. The molecule has 2 rings (SSSR count). The van der Waals surface area contributed by atoms with Crippen LogP contribution in [0.2, 0.25) is 0 Å². The van der Waals surface area contributed by atoms with E-state index in [9.17, 15) is 14.0 Å². The van der Waals surface area contributed by atoms with E-state index < -0.39 is 11.8 Å². The van der Waals surface area contributed by atoms with Crippen molar-refractivity contribution < 1.29 is 14.0 Å². The Morgan fingerprint density at radius 1 is 1.27 bits per heavy atom. The Morgan fingerprint density at radius 2 is 1.96 bits per heavy atom. The van der Waals surface area contributed by atoms with Crippen LogP contribution in [0, 0.1) is 23.1 Å². The Hall–Kier alpha value is -2.66. The third kappa shape index (κ3) is 5.70. The van der Waals surface area contributed by atoms with E-state index in [-0.39, 0.29) is 18.0 Å². The highest BCUT2D eigenvalue weighted by Gasteiger charge is 2.21. The first kappa shape index (κ1) is 19.7. The number of rotatable bonds is 5. The third-order valence-corrected chi connectivity index (χ3v) is 4.08. The number of urea groups is 1. The summed E-state index contributed by atoms with van der Waals surface area (Å²) in [5.41, 5.74) is 0.749. The van der Waals surface area contributed by atoms with E-state index in [1.54, 1.807) is 12.1 Å². The van der Waals surface area contributed by atoms with Gasteiger partial charge < -0.3 is 10.2 Å². The van der Waals surface area contributed by atoms with Gasteiger partial charge in [-0.05, 0) is 24.1 Å². The molecule has 0 atom stereocenters. The first-order valence-corrected chi connectivity index (χ1v) is 8.63. The minimum absolute atomic E-state index is 0.124.